The van der Waals surface area contributed by atoms with Crippen molar-refractivity contribution in [2.24, 2.45) is 0 Å². The number of piperazine rings is 1. The van der Waals surface area contributed by atoms with E-state index in [0.717, 1.165) is 24.5 Å². The number of halogens is 1. The molecule has 1 N–H and O–H groups in total. The summed E-state index contributed by atoms with van der Waals surface area (Å²) in [4.78, 5) is 21.2. The van der Waals surface area contributed by atoms with Crippen molar-refractivity contribution in [3.8, 4) is 0 Å². The summed E-state index contributed by atoms with van der Waals surface area (Å²) in [5, 5.41) is 3.56. The first kappa shape index (κ1) is 18.7. The number of nitrogens with zero attached hydrogens (tertiary/aromatic N) is 3. The second-order valence-corrected chi connectivity index (χ2v) is 7.66. The van der Waals surface area contributed by atoms with Crippen LogP contribution in [0.5, 0.6) is 0 Å². The van der Waals surface area contributed by atoms with Gasteiger partial charge in [0.05, 0.1) is 0 Å². The van der Waals surface area contributed by atoms with Crippen molar-refractivity contribution >= 4 is 17.3 Å². The lowest BCUT2D eigenvalue weighted by molar-refractivity contribution is 0.0741. The Balaban J connectivity index is 1.35. The monoisotopic (exact) mass is 382 g/mol. The SMILES string of the molecule is O=C(c1cc(NC2CCCCC2)ccn1)N1CCN(c2ccc(F)cc2)CC1. The molecule has 6 heteroatoms. The van der Waals surface area contributed by atoms with Gasteiger partial charge in [0.25, 0.3) is 5.91 Å². The predicted octanol–water partition coefficient (Wildman–Crippen LogP) is 3.93. The summed E-state index contributed by atoms with van der Waals surface area (Å²) in [6.07, 6.45) is 7.96. The van der Waals surface area contributed by atoms with Crippen LogP contribution >= 0.6 is 0 Å². The van der Waals surface area contributed by atoms with E-state index in [1.54, 1.807) is 18.3 Å². The standard InChI is InChI=1S/C22H27FN4O/c23-17-6-8-20(9-7-17)26-12-14-27(15-13-26)22(28)21-16-19(10-11-24-21)25-18-4-2-1-3-5-18/h6-11,16,18H,1-5,12-15H2,(H,24,25). The molecule has 2 heterocycles. The third kappa shape index (κ3) is 4.43. The minimum atomic E-state index is -0.231. The molecule has 2 aromatic rings. The van der Waals surface area contributed by atoms with Crippen LogP contribution in [0, 0.1) is 5.82 Å². The van der Waals surface area contributed by atoms with E-state index in [1.807, 2.05) is 17.0 Å². The number of rotatable bonds is 4. The number of carbonyl (C=O) groups excluding carboxylic acids is 1. The van der Waals surface area contributed by atoms with Crippen LogP contribution in [0.2, 0.25) is 0 Å². The highest BCUT2D eigenvalue weighted by Gasteiger charge is 2.23. The molecule has 4 rings (SSSR count). The Morgan fingerprint density at radius 1 is 1.00 bits per heavy atom. The molecule has 1 saturated heterocycles. The van der Waals surface area contributed by atoms with E-state index in [-0.39, 0.29) is 11.7 Å². The Hall–Kier alpha value is -2.63. The molecule has 0 unspecified atom stereocenters. The van der Waals surface area contributed by atoms with Crippen molar-refractivity contribution in [2.45, 2.75) is 38.1 Å². The van der Waals surface area contributed by atoms with Crippen molar-refractivity contribution < 1.29 is 9.18 Å². The van der Waals surface area contributed by atoms with Gasteiger partial charge in [0, 0.05) is 49.8 Å². The average Bonchev–Trinajstić information content (AvgIpc) is 2.75. The summed E-state index contributed by atoms with van der Waals surface area (Å²) in [5.74, 6) is -0.253. The van der Waals surface area contributed by atoms with Gasteiger partial charge in [-0.15, -0.1) is 0 Å². The maximum absolute atomic E-state index is 13.1. The molecular formula is C22H27FN4O. The number of hydrogen-bond donors (Lipinski definition) is 1. The number of carbonyl (C=O) groups is 1. The second kappa shape index (κ2) is 8.59. The fraction of sp³-hybridized carbons (Fsp3) is 0.455. The summed E-state index contributed by atoms with van der Waals surface area (Å²) in [5.41, 5.74) is 2.47. The molecule has 2 aliphatic rings. The topological polar surface area (TPSA) is 48.5 Å². The number of benzene rings is 1. The summed E-state index contributed by atoms with van der Waals surface area (Å²) in [6.45, 7) is 2.74. The van der Waals surface area contributed by atoms with E-state index >= 15 is 0 Å². The molecular weight excluding hydrogens is 355 g/mol. The molecule has 1 aromatic carbocycles. The van der Waals surface area contributed by atoms with Gasteiger partial charge in [0.15, 0.2) is 0 Å². The molecule has 1 saturated carbocycles. The highest BCUT2D eigenvalue weighted by atomic mass is 19.1. The highest BCUT2D eigenvalue weighted by Crippen LogP contribution is 2.22. The van der Waals surface area contributed by atoms with Crippen LogP contribution in [0.3, 0.4) is 0 Å². The van der Waals surface area contributed by atoms with E-state index in [1.165, 1.54) is 44.2 Å². The summed E-state index contributed by atoms with van der Waals surface area (Å²) in [6, 6.07) is 10.8. The first-order chi connectivity index (χ1) is 13.7. The number of amides is 1. The first-order valence-corrected chi connectivity index (χ1v) is 10.2. The molecule has 0 spiro atoms. The normalized spacial score (nSPS) is 18.2. The Bertz CT molecular complexity index is 796. The van der Waals surface area contributed by atoms with E-state index in [2.05, 4.69) is 15.2 Å². The number of hydrogen-bond acceptors (Lipinski definition) is 4. The smallest absolute Gasteiger partial charge is 0.272 e. The minimum absolute atomic E-state index is 0.0222. The summed E-state index contributed by atoms with van der Waals surface area (Å²) < 4.78 is 13.1. The first-order valence-electron chi connectivity index (χ1n) is 10.2. The van der Waals surface area contributed by atoms with E-state index in [4.69, 9.17) is 0 Å². The maximum atomic E-state index is 13.1. The van der Waals surface area contributed by atoms with Crippen LogP contribution in [0.25, 0.3) is 0 Å². The molecule has 28 heavy (non-hydrogen) atoms. The van der Waals surface area contributed by atoms with Crippen LogP contribution in [0.15, 0.2) is 42.6 Å². The molecule has 1 amide bonds. The molecule has 0 atom stereocenters. The Kier molecular flexibility index (Phi) is 5.74. The molecule has 1 aliphatic heterocycles. The zero-order valence-corrected chi connectivity index (χ0v) is 16.1. The lowest BCUT2D eigenvalue weighted by Crippen LogP contribution is -2.49. The van der Waals surface area contributed by atoms with Crippen molar-refractivity contribution in [3.63, 3.8) is 0 Å². The van der Waals surface area contributed by atoms with Gasteiger partial charge >= 0.3 is 0 Å². The van der Waals surface area contributed by atoms with E-state index < -0.39 is 0 Å². The molecule has 1 aromatic heterocycles. The Morgan fingerprint density at radius 2 is 1.71 bits per heavy atom. The molecule has 2 fully saturated rings. The van der Waals surface area contributed by atoms with Gasteiger partial charge in [0.1, 0.15) is 11.5 Å². The predicted molar refractivity (Wildman–Crippen MR) is 109 cm³/mol. The number of nitrogens with one attached hydrogen (secondary N) is 1. The fourth-order valence-corrected chi connectivity index (χ4v) is 4.10. The third-order valence-electron chi connectivity index (χ3n) is 5.71. The van der Waals surface area contributed by atoms with Gasteiger partial charge in [0.2, 0.25) is 0 Å². The Labute approximate surface area is 165 Å². The van der Waals surface area contributed by atoms with Crippen LogP contribution in [-0.2, 0) is 0 Å². The molecule has 0 radical (unpaired) electrons. The lowest BCUT2D eigenvalue weighted by atomic mass is 9.95. The van der Waals surface area contributed by atoms with Crippen LogP contribution in [0.4, 0.5) is 15.8 Å². The number of anilines is 2. The maximum Gasteiger partial charge on any atom is 0.272 e. The van der Waals surface area contributed by atoms with Crippen LogP contribution in [-0.4, -0.2) is 48.0 Å². The zero-order valence-electron chi connectivity index (χ0n) is 16.1. The second-order valence-electron chi connectivity index (χ2n) is 7.66. The summed E-state index contributed by atoms with van der Waals surface area (Å²) in [7, 11) is 0. The van der Waals surface area contributed by atoms with Crippen molar-refractivity contribution in [1.29, 1.82) is 0 Å². The molecule has 0 bridgehead atoms. The zero-order chi connectivity index (χ0) is 19.3. The molecule has 5 nitrogen and oxygen atoms in total. The van der Waals surface area contributed by atoms with Gasteiger partial charge in [-0.1, -0.05) is 19.3 Å². The van der Waals surface area contributed by atoms with Crippen LogP contribution < -0.4 is 10.2 Å². The van der Waals surface area contributed by atoms with Crippen molar-refractivity contribution in [3.05, 3.63) is 54.1 Å². The number of pyridine rings is 1. The van der Waals surface area contributed by atoms with Gasteiger partial charge in [-0.2, -0.15) is 0 Å². The van der Waals surface area contributed by atoms with Crippen molar-refractivity contribution in [2.75, 3.05) is 36.4 Å². The highest BCUT2D eigenvalue weighted by molar-refractivity contribution is 5.93. The van der Waals surface area contributed by atoms with E-state index in [9.17, 15) is 9.18 Å². The van der Waals surface area contributed by atoms with E-state index in [0.29, 0.717) is 24.8 Å². The quantitative estimate of drug-likeness (QED) is 0.871. The van der Waals surface area contributed by atoms with Gasteiger partial charge in [-0.3, -0.25) is 9.78 Å². The van der Waals surface area contributed by atoms with Crippen molar-refractivity contribution in [1.82, 2.24) is 9.88 Å². The minimum Gasteiger partial charge on any atom is -0.382 e. The third-order valence-corrected chi connectivity index (χ3v) is 5.71. The van der Waals surface area contributed by atoms with Crippen LogP contribution in [0.1, 0.15) is 42.6 Å². The van der Waals surface area contributed by atoms with Gasteiger partial charge in [-0.05, 0) is 49.2 Å². The largest absolute Gasteiger partial charge is 0.382 e. The molecule has 148 valence electrons. The average molecular weight is 382 g/mol. The van der Waals surface area contributed by atoms with Gasteiger partial charge in [-0.25, -0.2) is 4.39 Å². The van der Waals surface area contributed by atoms with Gasteiger partial charge < -0.3 is 15.1 Å². The fourth-order valence-electron chi connectivity index (χ4n) is 4.10. The summed E-state index contributed by atoms with van der Waals surface area (Å²) >= 11 is 0. The molecule has 1 aliphatic carbocycles. The lowest BCUT2D eigenvalue weighted by Gasteiger charge is -2.36. The number of aromatic nitrogens is 1. The Morgan fingerprint density at radius 3 is 2.43 bits per heavy atom.